The van der Waals surface area contributed by atoms with Crippen LogP contribution in [0.2, 0.25) is 0 Å². The van der Waals surface area contributed by atoms with Gasteiger partial charge in [-0.25, -0.2) is 9.18 Å². The second kappa shape index (κ2) is 8.62. The number of halogens is 1. The molecule has 1 unspecified atom stereocenters. The number of anilines is 1. The maximum atomic E-state index is 13.9. The average Bonchev–Trinajstić information content (AvgIpc) is 3.45. The first-order valence-corrected chi connectivity index (χ1v) is 9.74. The van der Waals surface area contributed by atoms with Crippen LogP contribution in [0.25, 0.3) is 5.76 Å². The minimum Gasteiger partial charge on any atom is -0.507 e. The van der Waals surface area contributed by atoms with Crippen LogP contribution in [0.5, 0.6) is 5.75 Å². The Hall–Kier alpha value is -4.40. The number of benzene rings is 2. The largest absolute Gasteiger partial charge is 0.507 e. The van der Waals surface area contributed by atoms with Gasteiger partial charge in [0.1, 0.15) is 29.1 Å². The number of carbonyl (C=O) groups excluding carboxylic acids is 3. The van der Waals surface area contributed by atoms with Crippen LogP contribution in [0.15, 0.2) is 70.9 Å². The molecule has 0 spiro atoms. The summed E-state index contributed by atoms with van der Waals surface area (Å²) in [7, 11) is 2.57. The number of nitrogens with zero attached hydrogens (tertiary/aromatic N) is 1. The average molecular weight is 451 g/mol. The van der Waals surface area contributed by atoms with Gasteiger partial charge >= 0.3 is 5.97 Å². The molecule has 3 aromatic rings. The molecule has 33 heavy (non-hydrogen) atoms. The van der Waals surface area contributed by atoms with E-state index in [9.17, 15) is 23.9 Å². The summed E-state index contributed by atoms with van der Waals surface area (Å²) in [5, 5.41) is 11.1. The highest BCUT2D eigenvalue weighted by molar-refractivity contribution is 6.51. The summed E-state index contributed by atoms with van der Waals surface area (Å²) < 4.78 is 29.3. The molecule has 168 valence electrons. The van der Waals surface area contributed by atoms with Crippen molar-refractivity contribution >= 4 is 29.1 Å². The number of ether oxygens (including phenoxy) is 2. The van der Waals surface area contributed by atoms with E-state index in [4.69, 9.17) is 9.15 Å². The van der Waals surface area contributed by atoms with Gasteiger partial charge in [0.15, 0.2) is 0 Å². The topological polar surface area (TPSA) is 106 Å². The van der Waals surface area contributed by atoms with E-state index in [2.05, 4.69) is 4.74 Å². The van der Waals surface area contributed by atoms with Gasteiger partial charge in [0.05, 0.1) is 37.2 Å². The minimum absolute atomic E-state index is 0.0897. The predicted molar refractivity (Wildman–Crippen MR) is 114 cm³/mol. The quantitative estimate of drug-likeness (QED) is 0.272. The Morgan fingerprint density at radius 3 is 2.42 bits per heavy atom. The van der Waals surface area contributed by atoms with Crippen molar-refractivity contribution in [2.24, 2.45) is 0 Å². The summed E-state index contributed by atoms with van der Waals surface area (Å²) in [6.07, 6.45) is 1.36. The third kappa shape index (κ3) is 3.73. The van der Waals surface area contributed by atoms with Crippen LogP contribution in [-0.2, 0) is 14.3 Å². The molecule has 8 nitrogen and oxygen atoms in total. The molecule has 1 atom stereocenters. The van der Waals surface area contributed by atoms with E-state index in [0.717, 1.165) is 17.0 Å². The zero-order chi connectivity index (χ0) is 23.7. The lowest BCUT2D eigenvalue weighted by Gasteiger charge is -2.23. The Morgan fingerprint density at radius 1 is 1.09 bits per heavy atom. The molecular weight excluding hydrogens is 433 g/mol. The zero-order valence-electron chi connectivity index (χ0n) is 17.6. The normalized spacial score (nSPS) is 17.3. The van der Waals surface area contributed by atoms with Crippen LogP contribution < -0.4 is 9.64 Å². The van der Waals surface area contributed by atoms with Gasteiger partial charge in [-0.1, -0.05) is 0 Å². The molecule has 0 radical (unpaired) electrons. The summed E-state index contributed by atoms with van der Waals surface area (Å²) in [5.41, 5.74) is 0.136. The van der Waals surface area contributed by atoms with E-state index in [1.54, 1.807) is 12.1 Å². The number of esters is 1. The van der Waals surface area contributed by atoms with Crippen molar-refractivity contribution in [1.29, 1.82) is 0 Å². The van der Waals surface area contributed by atoms with Crippen LogP contribution in [0.1, 0.15) is 27.7 Å². The summed E-state index contributed by atoms with van der Waals surface area (Å²) in [4.78, 5) is 39.0. The van der Waals surface area contributed by atoms with Gasteiger partial charge in [-0.3, -0.25) is 14.5 Å². The Balaban J connectivity index is 1.90. The van der Waals surface area contributed by atoms with Crippen LogP contribution in [0, 0.1) is 5.82 Å². The molecular formula is C24H18FNO7. The van der Waals surface area contributed by atoms with E-state index in [-0.39, 0.29) is 33.9 Å². The van der Waals surface area contributed by atoms with Gasteiger partial charge in [0.2, 0.25) is 0 Å². The Labute approximate surface area is 187 Å². The highest BCUT2D eigenvalue weighted by atomic mass is 19.1. The van der Waals surface area contributed by atoms with Crippen LogP contribution >= 0.6 is 0 Å². The summed E-state index contributed by atoms with van der Waals surface area (Å²) in [6, 6.07) is 11.2. The number of ketones is 1. The SMILES string of the molecule is COC(=O)c1ccc(N2C(=O)C(=O)/C(=C(\O)c3cc(F)ccc3OC)C2c2ccco2)cc1. The zero-order valence-corrected chi connectivity index (χ0v) is 17.6. The van der Waals surface area contributed by atoms with E-state index in [1.165, 1.54) is 50.8 Å². The van der Waals surface area contributed by atoms with E-state index in [0.29, 0.717) is 0 Å². The number of aliphatic hydroxyl groups is 1. The van der Waals surface area contributed by atoms with Crippen molar-refractivity contribution in [2.75, 3.05) is 19.1 Å². The summed E-state index contributed by atoms with van der Waals surface area (Å²) in [5.74, 6) is -3.45. The molecule has 0 saturated carbocycles. The Bertz CT molecular complexity index is 1260. The fourth-order valence-corrected chi connectivity index (χ4v) is 3.70. The number of hydrogen-bond donors (Lipinski definition) is 1. The number of furan rings is 1. The van der Waals surface area contributed by atoms with Crippen molar-refractivity contribution < 1.29 is 37.8 Å². The number of hydrogen-bond acceptors (Lipinski definition) is 7. The lowest BCUT2D eigenvalue weighted by molar-refractivity contribution is -0.132. The summed E-state index contributed by atoms with van der Waals surface area (Å²) in [6.45, 7) is 0. The third-order valence-corrected chi connectivity index (χ3v) is 5.24. The van der Waals surface area contributed by atoms with E-state index < -0.39 is 35.3 Å². The van der Waals surface area contributed by atoms with Gasteiger partial charge in [-0.05, 0) is 54.6 Å². The van der Waals surface area contributed by atoms with Gasteiger partial charge in [-0.15, -0.1) is 0 Å². The first-order valence-electron chi connectivity index (χ1n) is 9.74. The van der Waals surface area contributed by atoms with Gasteiger partial charge in [0.25, 0.3) is 11.7 Å². The molecule has 1 amide bonds. The van der Waals surface area contributed by atoms with E-state index >= 15 is 0 Å². The molecule has 1 aliphatic heterocycles. The molecule has 1 aliphatic rings. The van der Waals surface area contributed by atoms with Crippen LogP contribution in [0.4, 0.5) is 10.1 Å². The molecule has 0 bridgehead atoms. The fourth-order valence-electron chi connectivity index (χ4n) is 3.70. The van der Waals surface area contributed by atoms with Crippen LogP contribution in [0.3, 0.4) is 0 Å². The highest BCUT2D eigenvalue weighted by Crippen LogP contribution is 2.43. The van der Waals surface area contributed by atoms with Crippen molar-refractivity contribution in [2.45, 2.75) is 6.04 Å². The van der Waals surface area contributed by atoms with Gasteiger partial charge in [-0.2, -0.15) is 0 Å². The third-order valence-electron chi connectivity index (χ3n) is 5.24. The number of methoxy groups -OCH3 is 2. The van der Waals surface area contributed by atoms with Crippen LogP contribution in [-0.4, -0.2) is 37.0 Å². The molecule has 1 N–H and O–H groups in total. The number of carbonyl (C=O) groups is 3. The molecule has 1 fully saturated rings. The summed E-state index contributed by atoms with van der Waals surface area (Å²) >= 11 is 0. The number of aliphatic hydroxyl groups excluding tert-OH is 1. The number of amides is 1. The maximum absolute atomic E-state index is 13.9. The lowest BCUT2D eigenvalue weighted by atomic mass is 9.98. The first-order chi connectivity index (χ1) is 15.9. The van der Waals surface area contributed by atoms with Crippen molar-refractivity contribution in [3.8, 4) is 5.75 Å². The Morgan fingerprint density at radius 2 is 1.82 bits per heavy atom. The predicted octanol–water partition coefficient (Wildman–Crippen LogP) is 3.84. The number of rotatable bonds is 5. The molecule has 2 heterocycles. The number of Topliss-reactive ketones (excluding diaryl/α,β-unsaturated/α-hetero) is 1. The smallest absolute Gasteiger partial charge is 0.337 e. The lowest BCUT2D eigenvalue weighted by Crippen LogP contribution is -2.29. The van der Waals surface area contributed by atoms with Crippen molar-refractivity contribution in [1.82, 2.24) is 0 Å². The van der Waals surface area contributed by atoms with Gasteiger partial charge in [0, 0.05) is 5.69 Å². The fraction of sp³-hybridized carbons (Fsp3) is 0.125. The standard InChI is InChI=1S/C24H18FNO7/c1-31-17-10-7-14(25)12-16(17)21(27)19-20(18-4-3-11-33-18)26(23(29)22(19)28)15-8-5-13(6-9-15)24(30)32-2/h3-12,20,27H,1-2H3/b21-19-. The molecule has 0 aliphatic carbocycles. The second-order valence-electron chi connectivity index (χ2n) is 7.07. The maximum Gasteiger partial charge on any atom is 0.337 e. The minimum atomic E-state index is -1.14. The highest BCUT2D eigenvalue weighted by Gasteiger charge is 2.48. The molecule has 1 aromatic heterocycles. The van der Waals surface area contributed by atoms with Crippen molar-refractivity contribution in [3.05, 3.63) is 89.1 Å². The molecule has 1 saturated heterocycles. The second-order valence-corrected chi connectivity index (χ2v) is 7.07. The van der Waals surface area contributed by atoms with Crippen molar-refractivity contribution in [3.63, 3.8) is 0 Å². The molecule has 9 heteroatoms. The van der Waals surface area contributed by atoms with E-state index in [1.807, 2.05) is 0 Å². The van der Waals surface area contributed by atoms with Gasteiger partial charge < -0.3 is 19.0 Å². The first kappa shape index (κ1) is 21.8. The molecule has 4 rings (SSSR count). The Kier molecular flexibility index (Phi) is 5.70. The molecule has 2 aromatic carbocycles. The monoisotopic (exact) mass is 451 g/mol.